The molecule has 1 aromatic heterocycles. The minimum absolute atomic E-state index is 0.100. The molecule has 0 aliphatic heterocycles. The lowest BCUT2D eigenvalue weighted by molar-refractivity contribution is 0.0862. The van der Waals surface area contributed by atoms with E-state index in [1.54, 1.807) is 49.6 Å². The first kappa shape index (κ1) is 19.9. The number of hydrogen-bond acceptors (Lipinski definition) is 5. The highest BCUT2D eigenvalue weighted by molar-refractivity contribution is 6.08. The van der Waals surface area contributed by atoms with Crippen molar-refractivity contribution in [1.29, 1.82) is 0 Å². The molecule has 1 heterocycles. The van der Waals surface area contributed by atoms with E-state index in [-0.39, 0.29) is 18.0 Å². The van der Waals surface area contributed by atoms with Gasteiger partial charge in [0.05, 0.1) is 12.8 Å². The molecule has 0 aliphatic rings. The molecule has 29 heavy (non-hydrogen) atoms. The van der Waals surface area contributed by atoms with E-state index in [1.165, 1.54) is 19.2 Å². The van der Waals surface area contributed by atoms with Gasteiger partial charge in [0.2, 0.25) is 0 Å². The van der Waals surface area contributed by atoms with Crippen LogP contribution in [0.4, 0.5) is 5.69 Å². The highest BCUT2D eigenvalue weighted by atomic mass is 16.7. The van der Waals surface area contributed by atoms with Crippen LogP contribution in [0.2, 0.25) is 0 Å². The normalized spacial score (nSPS) is 10.3. The Labute approximate surface area is 167 Å². The van der Waals surface area contributed by atoms with Gasteiger partial charge in [0.25, 0.3) is 11.5 Å². The molecule has 3 aromatic rings. The number of rotatable bonds is 7. The topological polar surface area (TPSA) is 86.6 Å². The van der Waals surface area contributed by atoms with Crippen molar-refractivity contribution in [3.63, 3.8) is 0 Å². The molecule has 0 atom stereocenters. The number of anilines is 1. The van der Waals surface area contributed by atoms with Crippen LogP contribution in [0.5, 0.6) is 5.75 Å². The summed E-state index contributed by atoms with van der Waals surface area (Å²) in [6, 6.07) is 16.8. The number of nitrogens with zero attached hydrogens (tertiary/aromatic N) is 1. The number of nitrogens with one attached hydrogen (secondary N) is 1. The van der Waals surface area contributed by atoms with E-state index in [1.807, 2.05) is 12.1 Å². The predicted octanol–water partition coefficient (Wildman–Crippen LogP) is 2.94. The Morgan fingerprint density at radius 3 is 2.52 bits per heavy atom. The highest BCUT2D eigenvalue weighted by Crippen LogP contribution is 2.16. The summed E-state index contributed by atoms with van der Waals surface area (Å²) in [6.07, 6.45) is 1.43. The van der Waals surface area contributed by atoms with Crippen molar-refractivity contribution in [3.8, 4) is 5.75 Å². The van der Waals surface area contributed by atoms with E-state index >= 15 is 0 Å². The number of amides is 1. The molecule has 0 radical (unpaired) electrons. The van der Waals surface area contributed by atoms with E-state index < -0.39 is 11.5 Å². The molecular weight excluding hydrogens is 372 g/mol. The molecule has 0 bridgehead atoms. The number of carbonyl (C=O) groups excluding carboxylic acids is 2. The number of pyridine rings is 1. The number of ether oxygens (including phenoxy) is 1. The van der Waals surface area contributed by atoms with E-state index in [4.69, 9.17) is 9.57 Å². The molecule has 0 aliphatic carbocycles. The second-order valence-electron chi connectivity index (χ2n) is 6.23. The number of aromatic nitrogens is 1. The van der Waals surface area contributed by atoms with Crippen molar-refractivity contribution in [3.05, 3.63) is 93.9 Å². The summed E-state index contributed by atoms with van der Waals surface area (Å²) in [7, 11) is 1.57. The van der Waals surface area contributed by atoms with Crippen LogP contribution in [0.25, 0.3) is 0 Å². The monoisotopic (exact) mass is 392 g/mol. The Bertz CT molecular complexity index is 1100. The average Bonchev–Trinajstić information content (AvgIpc) is 2.73. The van der Waals surface area contributed by atoms with Crippen LogP contribution in [0.1, 0.15) is 33.2 Å². The van der Waals surface area contributed by atoms with Crippen molar-refractivity contribution < 1.29 is 19.2 Å². The second kappa shape index (κ2) is 8.88. The van der Waals surface area contributed by atoms with Gasteiger partial charge in [0, 0.05) is 11.8 Å². The molecular formula is C22H20N2O5. The van der Waals surface area contributed by atoms with Gasteiger partial charge in [0.15, 0.2) is 5.78 Å². The zero-order valence-electron chi connectivity index (χ0n) is 16.0. The van der Waals surface area contributed by atoms with Gasteiger partial charge >= 0.3 is 0 Å². The molecule has 7 heteroatoms. The Morgan fingerprint density at radius 1 is 1.00 bits per heavy atom. The molecule has 0 fully saturated rings. The molecule has 148 valence electrons. The maximum absolute atomic E-state index is 12.6. The van der Waals surface area contributed by atoms with E-state index in [9.17, 15) is 14.4 Å². The Morgan fingerprint density at radius 2 is 1.76 bits per heavy atom. The van der Waals surface area contributed by atoms with Gasteiger partial charge in [-0.3, -0.25) is 14.4 Å². The second-order valence-corrected chi connectivity index (χ2v) is 6.23. The molecule has 3 rings (SSSR count). The number of Topliss-reactive ketones (excluding diaryl/α,β-unsaturated/α-hetero) is 1. The summed E-state index contributed by atoms with van der Waals surface area (Å²) in [4.78, 5) is 42.5. The number of methoxy groups -OCH3 is 1. The maximum atomic E-state index is 12.6. The number of carbonyl (C=O) groups is 2. The average molecular weight is 392 g/mol. The fraction of sp³-hybridized carbons (Fsp3) is 0.136. The highest BCUT2D eigenvalue weighted by Gasteiger charge is 2.15. The van der Waals surface area contributed by atoms with Crippen molar-refractivity contribution in [2.75, 3.05) is 12.4 Å². The van der Waals surface area contributed by atoms with Gasteiger partial charge in [0.1, 0.15) is 17.9 Å². The third-order valence-corrected chi connectivity index (χ3v) is 4.22. The summed E-state index contributed by atoms with van der Waals surface area (Å²) < 4.78 is 6.17. The first-order chi connectivity index (χ1) is 14.0. The predicted molar refractivity (Wildman–Crippen MR) is 108 cm³/mol. The number of hydrogen-bond donors (Lipinski definition) is 1. The fourth-order valence-electron chi connectivity index (χ4n) is 2.74. The van der Waals surface area contributed by atoms with Gasteiger partial charge in [-0.1, -0.05) is 24.3 Å². The summed E-state index contributed by atoms with van der Waals surface area (Å²) in [5, 5.41) is 2.62. The van der Waals surface area contributed by atoms with E-state index in [2.05, 4.69) is 5.32 Å². The quantitative estimate of drug-likeness (QED) is 0.625. The van der Waals surface area contributed by atoms with Crippen LogP contribution in [0.15, 0.2) is 71.7 Å². The third-order valence-electron chi connectivity index (χ3n) is 4.22. The number of benzene rings is 2. The van der Waals surface area contributed by atoms with Crippen molar-refractivity contribution in [2.24, 2.45) is 0 Å². The van der Waals surface area contributed by atoms with Crippen LogP contribution in [0, 0.1) is 0 Å². The van der Waals surface area contributed by atoms with E-state index in [0.29, 0.717) is 17.0 Å². The van der Waals surface area contributed by atoms with Crippen LogP contribution < -0.4 is 20.5 Å². The Hall–Kier alpha value is -3.87. The number of ketones is 1. The minimum atomic E-state index is -0.622. The zero-order valence-corrected chi connectivity index (χ0v) is 16.0. The molecule has 0 saturated heterocycles. The summed E-state index contributed by atoms with van der Waals surface area (Å²) >= 11 is 0. The Kier molecular flexibility index (Phi) is 6.09. The third kappa shape index (κ3) is 4.70. The molecule has 2 aromatic carbocycles. The smallest absolute Gasteiger partial charge is 0.295 e. The standard InChI is InChI=1S/C22H20N2O5/c1-15(25)18-9-3-4-11-20(18)23-21(26)19-10-6-12-24(22(19)27)29-14-16-7-5-8-17(13-16)28-2/h3-13H,14H2,1-2H3,(H,23,26). The minimum Gasteiger partial charge on any atom is -0.497 e. The van der Waals surface area contributed by atoms with E-state index in [0.717, 1.165) is 10.3 Å². The lowest BCUT2D eigenvalue weighted by Crippen LogP contribution is -2.32. The van der Waals surface area contributed by atoms with Gasteiger partial charge in [-0.05, 0) is 48.9 Å². The van der Waals surface area contributed by atoms with Crippen LogP contribution in [-0.2, 0) is 6.61 Å². The van der Waals surface area contributed by atoms with Crippen LogP contribution >= 0.6 is 0 Å². The van der Waals surface area contributed by atoms with Crippen molar-refractivity contribution >= 4 is 17.4 Å². The molecule has 0 saturated carbocycles. The van der Waals surface area contributed by atoms with Crippen molar-refractivity contribution in [1.82, 2.24) is 4.73 Å². The largest absolute Gasteiger partial charge is 0.497 e. The molecule has 0 unspecified atom stereocenters. The molecule has 0 spiro atoms. The SMILES string of the molecule is COc1cccc(COn2cccc(C(=O)Nc3ccccc3C(C)=O)c2=O)c1. The van der Waals surface area contributed by atoms with Gasteiger partial charge in [-0.25, -0.2) is 0 Å². The summed E-state index contributed by atoms with van der Waals surface area (Å²) in [6.45, 7) is 1.53. The first-order valence-corrected chi connectivity index (χ1v) is 8.89. The van der Waals surface area contributed by atoms with Crippen LogP contribution in [-0.4, -0.2) is 23.5 Å². The lowest BCUT2D eigenvalue weighted by Gasteiger charge is -2.12. The lowest BCUT2D eigenvalue weighted by atomic mass is 10.1. The van der Waals surface area contributed by atoms with Crippen molar-refractivity contribution in [2.45, 2.75) is 13.5 Å². The van der Waals surface area contributed by atoms with Gasteiger partial charge < -0.3 is 14.9 Å². The summed E-state index contributed by atoms with van der Waals surface area (Å²) in [5.41, 5.74) is 0.815. The number of para-hydroxylation sites is 1. The molecule has 7 nitrogen and oxygen atoms in total. The fourth-order valence-corrected chi connectivity index (χ4v) is 2.74. The van der Waals surface area contributed by atoms with Crippen LogP contribution in [0.3, 0.4) is 0 Å². The first-order valence-electron chi connectivity index (χ1n) is 8.89. The maximum Gasteiger partial charge on any atom is 0.295 e. The summed E-state index contributed by atoms with van der Waals surface area (Å²) in [5.74, 6) is -0.133. The molecule has 1 N–H and O–H groups in total. The Balaban J connectivity index is 1.78. The molecule has 1 amide bonds. The van der Waals surface area contributed by atoms with Gasteiger partial charge in [-0.15, -0.1) is 0 Å². The zero-order chi connectivity index (χ0) is 20.8. The van der Waals surface area contributed by atoms with Gasteiger partial charge in [-0.2, -0.15) is 4.73 Å².